The lowest BCUT2D eigenvalue weighted by molar-refractivity contribution is 0.678. The summed E-state index contributed by atoms with van der Waals surface area (Å²) in [6, 6.07) is 7.09. The molecular formula is C16H23ClN2. The van der Waals surface area contributed by atoms with Crippen molar-refractivity contribution in [3.63, 3.8) is 0 Å². The number of nitrogens with one attached hydrogen (secondary N) is 1. The molecule has 0 spiro atoms. The Morgan fingerprint density at radius 2 is 2.05 bits per heavy atom. The molecule has 2 saturated carbocycles. The van der Waals surface area contributed by atoms with Crippen molar-refractivity contribution in [3.05, 3.63) is 28.8 Å². The molecule has 2 nitrogen and oxygen atoms in total. The van der Waals surface area contributed by atoms with Gasteiger partial charge in [-0.3, -0.25) is 0 Å². The molecule has 0 aromatic heterocycles. The van der Waals surface area contributed by atoms with Crippen LogP contribution in [0.25, 0.3) is 0 Å². The van der Waals surface area contributed by atoms with E-state index in [4.69, 9.17) is 11.6 Å². The van der Waals surface area contributed by atoms with Crippen molar-refractivity contribution in [3.8, 4) is 0 Å². The van der Waals surface area contributed by atoms with E-state index in [1.54, 1.807) is 0 Å². The molecule has 1 N–H and O–H groups in total. The van der Waals surface area contributed by atoms with Crippen molar-refractivity contribution in [1.82, 2.24) is 5.32 Å². The smallest absolute Gasteiger partial charge is 0.0426 e. The van der Waals surface area contributed by atoms with Gasteiger partial charge in [0.05, 0.1) is 0 Å². The molecule has 0 radical (unpaired) electrons. The van der Waals surface area contributed by atoms with E-state index >= 15 is 0 Å². The Labute approximate surface area is 121 Å². The first-order chi connectivity index (χ1) is 9.26. The van der Waals surface area contributed by atoms with Crippen LogP contribution in [0.4, 0.5) is 5.69 Å². The van der Waals surface area contributed by atoms with Crippen molar-refractivity contribution >= 4 is 17.3 Å². The Balaban J connectivity index is 1.75. The SMILES string of the molecule is CCN(CC1CC1)c1cc(Cl)ccc1CNC1CC1. The zero-order chi connectivity index (χ0) is 13.2. The number of hydrogen-bond acceptors (Lipinski definition) is 2. The molecule has 3 heteroatoms. The Bertz CT molecular complexity index is 438. The molecule has 2 aliphatic carbocycles. The van der Waals surface area contributed by atoms with Gasteiger partial charge in [0.1, 0.15) is 0 Å². The fourth-order valence-corrected chi connectivity index (χ4v) is 2.70. The molecule has 0 saturated heterocycles. The van der Waals surface area contributed by atoms with Crippen LogP contribution in [-0.4, -0.2) is 19.1 Å². The van der Waals surface area contributed by atoms with Crippen molar-refractivity contribution in [2.24, 2.45) is 5.92 Å². The van der Waals surface area contributed by atoms with Gasteiger partial charge >= 0.3 is 0 Å². The summed E-state index contributed by atoms with van der Waals surface area (Å²) in [6.07, 6.45) is 5.46. The fourth-order valence-electron chi connectivity index (χ4n) is 2.53. The molecule has 0 unspecified atom stereocenters. The summed E-state index contributed by atoms with van der Waals surface area (Å²) in [4.78, 5) is 2.49. The summed E-state index contributed by atoms with van der Waals surface area (Å²) < 4.78 is 0. The third kappa shape index (κ3) is 3.64. The number of halogens is 1. The van der Waals surface area contributed by atoms with Crippen LogP contribution < -0.4 is 10.2 Å². The highest BCUT2D eigenvalue weighted by molar-refractivity contribution is 6.30. The summed E-state index contributed by atoms with van der Waals surface area (Å²) in [5.41, 5.74) is 2.72. The number of hydrogen-bond donors (Lipinski definition) is 1. The number of benzene rings is 1. The van der Waals surface area contributed by atoms with Crippen LogP contribution in [0.2, 0.25) is 5.02 Å². The minimum atomic E-state index is 0.752. The summed E-state index contributed by atoms with van der Waals surface area (Å²) in [6.45, 7) is 5.46. The molecule has 0 atom stereocenters. The van der Waals surface area contributed by atoms with Gasteiger partial charge in [-0.05, 0) is 56.2 Å². The van der Waals surface area contributed by atoms with Crippen molar-refractivity contribution < 1.29 is 0 Å². The summed E-state index contributed by atoms with van der Waals surface area (Å²) in [7, 11) is 0. The molecule has 3 rings (SSSR count). The van der Waals surface area contributed by atoms with Gasteiger partial charge in [0.25, 0.3) is 0 Å². The first-order valence-electron chi connectivity index (χ1n) is 7.53. The third-order valence-corrected chi connectivity index (χ3v) is 4.34. The molecule has 0 amide bonds. The second kappa shape index (κ2) is 5.72. The maximum Gasteiger partial charge on any atom is 0.0426 e. The zero-order valence-corrected chi connectivity index (χ0v) is 12.4. The van der Waals surface area contributed by atoms with Gasteiger partial charge < -0.3 is 10.2 Å². The van der Waals surface area contributed by atoms with Crippen molar-refractivity contribution in [2.45, 2.75) is 45.2 Å². The first kappa shape index (κ1) is 13.3. The van der Waals surface area contributed by atoms with Gasteiger partial charge in [0.15, 0.2) is 0 Å². The van der Waals surface area contributed by atoms with Gasteiger partial charge in [0.2, 0.25) is 0 Å². The van der Waals surface area contributed by atoms with E-state index in [1.165, 1.54) is 43.5 Å². The quantitative estimate of drug-likeness (QED) is 0.815. The van der Waals surface area contributed by atoms with E-state index in [1.807, 2.05) is 6.07 Å². The second-order valence-electron chi connectivity index (χ2n) is 5.91. The molecule has 2 aliphatic rings. The maximum absolute atomic E-state index is 6.20. The molecule has 0 heterocycles. The molecule has 1 aromatic carbocycles. The van der Waals surface area contributed by atoms with E-state index in [0.29, 0.717) is 0 Å². The molecule has 0 aliphatic heterocycles. The maximum atomic E-state index is 6.20. The summed E-state index contributed by atoms with van der Waals surface area (Å²) in [5.74, 6) is 0.906. The predicted molar refractivity (Wildman–Crippen MR) is 81.9 cm³/mol. The minimum Gasteiger partial charge on any atom is -0.371 e. The van der Waals surface area contributed by atoms with Gasteiger partial charge in [-0.25, -0.2) is 0 Å². The van der Waals surface area contributed by atoms with E-state index in [-0.39, 0.29) is 0 Å². The normalized spacial score (nSPS) is 18.6. The summed E-state index contributed by atoms with van der Waals surface area (Å²) in [5, 5.41) is 4.46. The van der Waals surface area contributed by atoms with E-state index in [9.17, 15) is 0 Å². The number of rotatable bonds is 7. The Hall–Kier alpha value is -0.730. The Kier molecular flexibility index (Phi) is 3.99. The number of anilines is 1. The highest BCUT2D eigenvalue weighted by Crippen LogP contribution is 2.33. The minimum absolute atomic E-state index is 0.752. The molecule has 19 heavy (non-hydrogen) atoms. The Morgan fingerprint density at radius 3 is 2.68 bits per heavy atom. The molecule has 0 bridgehead atoms. The van der Waals surface area contributed by atoms with Gasteiger partial charge in [-0.1, -0.05) is 17.7 Å². The standard InChI is InChI=1S/C16H23ClN2/c1-2-19(11-12-3-4-12)16-9-14(17)6-5-13(16)10-18-15-7-8-15/h5-6,9,12,15,18H,2-4,7-8,10-11H2,1H3. The largest absolute Gasteiger partial charge is 0.371 e. The van der Waals surface area contributed by atoms with Crippen molar-refractivity contribution in [1.29, 1.82) is 0 Å². The summed E-state index contributed by atoms with van der Waals surface area (Å²) >= 11 is 6.20. The zero-order valence-electron chi connectivity index (χ0n) is 11.7. The topological polar surface area (TPSA) is 15.3 Å². The predicted octanol–water partition coefficient (Wildman–Crippen LogP) is 3.83. The van der Waals surface area contributed by atoms with E-state index in [0.717, 1.165) is 30.1 Å². The van der Waals surface area contributed by atoms with Crippen LogP contribution in [0.3, 0.4) is 0 Å². The monoisotopic (exact) mass is 278 g/mol. The molecule has 2 fully saturated rings. The lowest BCUT2D eigenvalue weighted by Gasteiger charge is -2.26. The van der Waals surface area contributed by atoms with E-state index in [2.05, 4.69) is 29.3 Å². The van der Waals surface area contributed by atoms with Crippen LogP contribution in [0, 0.1) is 5.92 Å². The van der Waals surface area contributed by atoms with Crippen LogP contribution >= 0.6 is 11.6 Å². The third-order valence-electron chi connectivity index (χ3n) is 4.10. The second-order valence-corrected chi connectivity index (χ2v) is 6.35. The molecule has 104 valence electrons. The van der Waals surface area contributed by atoms with Crippen LogP contribution in [0.15, 0.2) is 18.2 Å². The first-order valence-corrected chi connectivity index (χ1v) is 7.91. The van der Waals surface area contributed by atoms with Gasteiger partial charge in [-0.2, -0.15) is 0 Å². The number of nitrogens with zero attached hydrogens (tertiary/aromatic N) is 1. The highest BCUT2D eigenvalue weighted by Gasteiger charge is 2.25. The van der Waals surface area contributed by atoms with Crippen LogP contribution in [0.5, 0.6) is 0 Å². The Morgan fingerprint density at radius 1 is 1.26 bits per heavy atom. The highest BCUT2D eigenvalue weighted by atomic mass is 35.5. The molecule has 1 aromatic rings. The fraction of sp³-hybridized carbons (Fsp3) is 0.625. The molecular weight excluding hydrogens is 256 g/mol. The van der Waals surface area contributed by atoms with Crippen molar-refractivity contribution in [2.75, 3.05) is 18.0 Å². The average molecular weight is 279 g/mol. The van der Waals surface area contributed by atoms with E-state index < -0.39 is 0 Å². The van der Waals surface area contributed by atoms with Gasteiger partial charge in [-0.15, -0.1) is 0 Å². The average Bonchev–Trinajstić information content (AvgIpc) is 3.28. The van der Waals surface area contributed by atoms with Crippen LogP contribution in [-0.2, 0) is 6.54 Å². The van der Waals surface area contributed by atoms with Gasteiger partial charge in [0, 0.05) is 36.4 Å². The lowest BCUT2D eigenvalue weighted by Crippen LogP contribution is -2.27. The van der Waals surface area contributed by atoms with Crippen LogP contribution in [0.1, 0.15) is 38.2 Å². The lowest BCUT2D eigenvalue weighted by atomic mass is 10.1.